The van der Waals surface area contributed by atoms with Crippen LogP contribution < -0.4 is 10.5 Å². The molecule has 1 aliphatic carbocycles. The highest BCUT2D eigenvalue weighted by Gasteiger charge is 2.38. The largest absolute Gasteiger partial charge is 0.363 e. The Morgan fingerprint density at radius 2 is 1.77 bits per heavy atom. The Kier molecular flexibility index (Phi) is 6.61. The SMILES string of the molecule is C[C@@H]1CN(c2c(C#N)c(=O)n(C)c3ccc(C#N)nc23)[C@@H](C)CN1C(c1ccc(F)cc1)c1csc(C2CC2)n1. The molecule has 4 heterocycles. The Labute approximate surface area is 235 Å². The molecule has 2 aliphatic rings. The van der Waals surface area contributed by atoms with Gasteiger partial charge in [0.25, 0.3) is 5.56 Å². The molecule has 8 nitrogen and oxygen atoms in total. The monoisotopic (exact) mass is 553 g/mol. The van der Waals surface area contributed by atoms with E-state index >= 15 is 0 Å². The third-order valence-electron chi connectivity index (χ3n) is 8.03. The number of anilines is 1. The Bertz CT molecular complexity index is 1750. The smallest absolute Gasteiger partial charge is 0.270 e. The number of piperazine rings is 1. The molecule has 40 heavy (non-hydrogen) atoms. The molecule has 0 amide bonds. The van der Waals surface area contributed by atoms with Crippen molar-refractivity contribution in [2.75, 3.05) is 18.0 Å². The average molecular weight is 554 g/mol. The molecule has 10 heteroatoms. The number of hydrogen-bond donors (Lipinski definition) is 0. The van der Waals surface area contributed by atoms with Crippen molar-refractivity contribution in [3.05, 3.63) is 85.5 Å². The number of aryl methyl sites for hydroxylation is 1. The first-order chi connectivity index (χ1) is 19.3. The van der Waals surface area contributed by atoms with E-state index in [-0.39, 0.29) is 35.2 Å². The molecular weight excluding hydrogens is 525 g/mol. The third-order valence-corrected chi connectivity index (χ3v) is 9.05. The zero-order chi connectivity index (χ0) is 28.1. The molecule has 1 unspecified atom stereocenters. The molecule has 202 valence electrons. The first kappa shape index (κ1) is 26.1. The minimum Gasteiger partial charge on any atom is -0.363 e. The van der Waals surface area contributed by atoms with Crippen LogP contribution in [0.3, 0.4) is 0 Å². The molecule has 0 N–H and O–H groups in total. The van der Waals surface area contributed by atoms with Gasteiger partial charge in [-0.15, -0.1) is 11.3 Å². The fourth-order valence-corrected chi connectivity index (χ4v) is 6.79. The number of hydrogen-bond acceptors (Lipinski definition) is 8. The second kappa shape index (κ2) is 10.1. The van der Waals surface area contributed by atoms with Gasteiger partial charge in [-0.3, -0.25) is 9.69 Å². The number of thiazole rings is 1. The van der Waals surface area contributed by atoms with Gasteiger partial charge < -0.3 is 9.47 Å². The van der Waals surface area contributed by atoms with Crippen molar-refractivity contribution >= 4 is 28.1 Å². The molecule has 6 rings (SSSR count). The Morgan fingerprint density at radius 1 is 1.02 bits per heavy atom. The summed E-state index contributed by atoms with van der Waals surface area (Å²) in [5.41, 5.74) is 3.30. The van der Waals surface area contributed by atoms with Crippen LogP contribution in [0.25, 0.3) is 11.0 Å². The van der Waals surface area contributed by atoms with E-state index in [2.05, 4.69) is 46.1 Å². The van der Waals surface area contributed by atoms with Gasteiger partial charge in [0, 0.05) is 43.5 Å². The summed E-state index contributed by atoms with van der Waals surface area (Å²) in [6.45, 7) is 5.32. The van der Waals surface area contributed by atoms with Crippen molar-refractivity contribution in [3.63, 3.8) is 0 Å². The summed E-state index contributed by atoms with van der Waals surface area (Å²) in [6.07, 6.45) is 2.35. The topological polar surface area (TPSA) is 102 Å². The summed E-state index contributed by atoms with van der Waals surface area (Å²) in [4.78, 5) is 27.3. The van der Waals surface area contributed by atoms with E-state index in [0.717, 1.165) is 16.3 Å². The Balaban J connectivity index is 1.42. The molecule has 2 fully saturated rings. The van der Waals surface area contributed by atoms with Gasteiger partial charge in [-0.05, 0) is 56.5 Å². The zero-order valence-electron chi connectivity index (χ0n) is 22.5. The molecule has 0 radical (unpaired) electrons. The van der Waals surface area contributed by atoms with E-state index in [1.54, 1.807) is 30.5 Å². The van der Waals surface area contributed by atoms with Crippen molar-refractivity contribution in [1.29, 1.82) is 10.5 Å². The maximum atomic E-state index is 13.9. The van der Waals surface area contributed by atoms with Crippen LogP contribution in [0, 0.1) is 28.5 Å². The van der Waals surface area contributed by atoms with Gasteiger partial charge in [0.2, 0.25) is 0 Å². The van der Waals surface area contributed by atoms with E-state index in [1.807, 2.05) is 12.1 Å². The highest BCUT2D eigenvalue weighted by atomic mass is 32.1. The lowest BCUT2D eigenvalue weighted by Crippen LogP contribution is -2.58. The molecule has 1 aromatic carbocycles. The van der Waals surface area contributed by atoms with E-state index in [1.165, 1.54) is 29.5 Å². The van der Waals surface area contributed by atoms with E-state index < -0.39 is 5.56 Å². The normalized spacial score (nSPS) is 20.3. The summed E-state index contributed by atoms with van der Waals surface area (Å²) in [7, 11) is 1.62. The van der Waals surface area contributed by atoms with Gasteiger partial charge in [0.1, 0.15) is 34.7 Å². The second-order valence-electron chi connectivity index (χ2n) is 10.8. The zero-order valence-corrected chi connectivity index (χ0v) is 23.3. The quantitative estimate of drug-likeness (QED) is 0.349. The molecule has 4 aromatic rings. The van der Waals surface area contributed by atoms with Crippen molar-refractivity contribution in [2.24, 2.45) is 7.05 Å². The summed E-state index contributed by atoms with van der Waals surface area (Å²) < 4.78 is 15.3. The van der Waals surface area contributed by atoms with Gasteiger partial charge in [-0.25, -0.2) is 14.4 Å². The molecule has 3 atom stereocenters. The number of benzene rings is 1. The lowest BCUT2D eigenvalue weighted by Gasteiger charge is -2.48. The maximum Gasteiger partial charge on any atom is 0.270 e. The number of pyridine rings is 2. The number of halogens is 1. The number of nitriles is 2. The van der Waals surface area contributed by atoms with Crippen molar-refractivity contribution < 1.29 is 4.39 Å². The number of nitrogens with zero attached hydrogens (tertiary/aromatic N) is 7. The van der Waals surface area contributed by atoms with Crippen LogP contribution in [0.5, 0.6) is 0 Å². The van der Waals surface area contributed by atoms with Crippen LogP contribution in [0.15, 0.2) is 46.6 Å². The van der Waals surface area contributed by atoms with Crippen LogP contribution in [0.1, 0.15) is 66.2 Å². The first-order valence-corrected chi connectivity index (χ1v) is 14.3. The number of aromatic nitrogens is 3. The van der Waals surface area contributed by atoms with Crippen molar-refractivity contribution in [2.45, 2.75) is 50.7 Å². The van der Waals surface area contributed by atoms with Crippen LogP contribution >= 0.6 is 11.3 Å². The summed E-state index contributed by atoms with van der Waals surface area (Å²) in [5, 5.41) is 22.9. The second-order valence-corrected chi connectivity index (χ2v) is 11.7. The molecule has 0 bridgehead atoms. The molecule has 1 saturated carbocycles. The van der Waals surface area contributed by atoms with Crippen molar-refractivity contribution in [1.82, 2.24) is 19.4 Å². The lowest BCUT2D eigenvalue weighted by atomic mass is 9.96. The minimum absolute atomic E-state index is 0.0119. The minimum atomic E-state index is -0.391. The van der Waals surface area contributed by atoms with Crippen LogP contribution in [0.4, 0.5) is 10.1 Å². The highest BCUT2D eigenvalue weighted by molar-refractivity contribution is 7.09. The summed E-state index contributed by atoms with van der Waals surface area (Å²) >= 11 is 1.69. The van der Waals surface area contributed by atoms with E-state index in [0.29, 0.717) is 35.7 Å². The van der Waals surface area contributed by atoms with E-state index in [4.69, 9.17) is 4.98 Å². The fraction of sp³-hybridized carbons (Fsp3) is 0.367. The first-order valence-electron chi connectivity index (χ1n) is 13.4. The molecule has 1 aliphatic heterocycles. The third kappa shape index (κ3) is 4.43. The maximum absolute atomic E-state index is 13.9. The van der Waals surface area contributed by atoms with Gasteiger partial charge in [0.05, 0.1) is 27.9 Å². The predicted octanol–water partition coefficient (Wildman–Crippen LogP) is 4.84. The molecule has 1 saturated heterocycles. The summed E-state index contributed by atoms with van der Waals surface area (Å²) in [5.74, 6) is 0.265. The van der Waals surface area contributed by atoms with Gasteiger partial charge >= 0.3 is 0 Å². The van der Waals surface area contributed by atoms with Crippen LogP contribution in [0.2, 0.25) is 0 Å². The predicted molar refractivity (Wildman–Crippen MR) is 152 cm³/mol. The van der Waals surface area contributed by atoms with E-state index in [9.17, 15) is 19.7 Å². The Morgan fingerprint density at radius 3 is 2.45 bits per heavy atom. The molecule has 3 aromatic heterocycles. The molecule has 0 spiro atoms. The van der Waals surface area contributed by atoms with Crippen molar-refractivity contribution in [3.8, 4) is 12.1 Å². The molecular formula is C30H28FN7OS. The standard InChI is InChI=1S/C30H28FN7OS/c1-17-15-38(28-23(13-33)30(39)36(3)25-11-10-22(12-32)34-26(25)28)18(2)14-37(17)27(19-6-8-21(31)9-7-19)24-16-40-29(35-24)20-4-5-20/h6-11,16-18,20,27H,4-5,14-15H2,1-3H3/t17-,18+,27?/m1/s1. The highest BCUT2D eigenvalue weighted by Crippen LogP contribution is 2.43. The number of fused-ring (bicyclic) bond motifs is 1. The van der Waals surface area contributed by atoms with Crippen LogP contribution in [-0.4, -0.2) is 44.6 Å². The van der Waals surface area contributed by atoms with Gasteiger partial charge in [-0.2, -0.15) is 10.5 Å². The lowest BCUT2D eigenvalue weighted by molar-refractivity contribution is 0.128. The number of rotatable bonds is 5. The van der Waals surface area contributed by atoms with Gasteiger partial charge in [0.15, 0.2) is 0 Å². The Hall–Kier alpha value is -4.12. The fourth-order valence-electron chi connectivity index (χ4n) is 5.78. The average Bonchev–Trinajstić information content (AvgIpc) is 3.70. The van der Waals surface area contributed by atoms with Crippen LogP contribution in [-0.2, 0) is 7.05 Å². The summed E-state index contributed by atoms with van der Waals surface area (Å²) in [6, 6.07) is 13.9. The van der Waals surface area contributed by atoms with Gasteiger partial charge in [-0.1, -0.05) is 12.1 Å².